The molecule has 1 N–H and O–H groups in total. The molecule has 0 spiro atoms. The average Bonchev–Trinajstić information content (AvgIpc) is 2.90. The van der Waals surface area contributed by atoms with Crippen LogP contribution in [0.25, 0.3) is 0 Å². The highest BCUT2D eigenvalue weighted by atomic mass is 16.6. The van der Waals surface area contributed by atoms with Crippen LogP contribution in [0.4, 0.5) is 0 Å². The first kappa shape index (κ1) is 11.0. The SMILES string of the molecule is Cc1ccc(B2N=C(c3ccccc3)NO2)cc1. The monoisotopic (exact) mass is 236 g/mol. The molecule has 0 amide bonds. The minimum Gasteiger partial charge on any atom is -0.300 e. The Morgan fingerprint density at radius 3 is 2.44 bits per heavy atom. The van der Waals surface area contributed by atoms with Crippen LogP contribution in [0.5, 0.6) is 0 Å². The molecular weight excluding hydrogens is 223 g/mol. The Morgan fingerprint density at radius 2 is 1.72 bits per heavy atom. The maximum Gasteiger partial charge on any atom is 0.496 e. The van der Waals surface area contributed by atoms with Crippen LogP contribution < -0.4 is 10.9 Å². The number of benzene rings is 2. The smallest absolute Gasteiger partial charge is 0.300 e. The number of nitrogens with zero attached hydrogens (tertiary/aromatic N) is 1. The van der Waals surface area contributed by atoms with Gasteiger partial charge in [0.15, 0.2) is 0 Å². The van der Waals surface area contributed by atoms with Crippen molar-refractivity contribution < 1.29 is 4.76 Å². The fourth-order valence-corrected chi connectivity index (χ4v) is 1.88. The molecule has 3 rings (SSSR count). The Bertz CT molecular complexity index is 566. The number of aryl methyl sites for hydroxylation is 1. The van der Waals surface area contributed by atoms with Gasteiger partial charge in [0.05, 0.1) is 0 Å². The fourth-order valence-electron chi connectivity index (χ4n) is 1.88. The Hall–Kier alpha value is -2.07. The molecule has 0 saturated carbocycles. The fraction of sp³-hybridized carbons (Fsp3) is 0.0714. The van der Waals surface area contributed by atoms with E-state index in [1.807, 2.05) is 42.5 Å². The highest BCUT2D eigenvalue weighted by Crippen LogP contribution is 2.06. The molecular formula is C14H13BN2O. The predicted octanol–water partition coefficient (Wildman–Crippen LogP) is 1.67. The van der Waals surface area contributed by atoms with Gasteiger partial charge in [-0.3, -0.25) is 15.1 Å². The van der Waals surface area contributed by atoms with Crippen LogP contribution in [-0.2, 0) is 4.76 Å². The van der Waals surface area contributed by atoms with Gasteiger partial charge in [-0.15, -0.1) is 0 Å². The minimum atomic E-state index is -0.263. The quantitative estimate of drug-likeness (QED) is 0.804. The molecule has 88 valence electrons. The number of amidine groups is 1. The van der Waals surface area contributed by atoms with Crippen molar-refractivity contribution in [2.45, 2.75) is 6.92 Å². The molecule has 0 unspecified atom stereocenters. The van der Waals surface area contributed by atoms with E-state index in [0.717, 1.165) is 16.9 Å². The summed E-state index contributed by atoms with van der Waals surface area (Å²) in [5.41, 5.74) is 6.21. The van der Waals surface area contributed by atoms with Crippen molar-refractivity contribution in [1.82, 2.24) is 5.48 Å². The first-order valence-electron chi connectivity index (χ1n) is 5.94. The molecule has 1 aliphatic rings. The summed E-state index contributed by atoms with van der Waals surface area (Å²) in [7, 11) is -0.263. The molecule has 0 saturated heterocycles. The Kier molecular flexibility index (Phi) is 2.86. The van der Waals surface area contributed by atoms with Crippen LogP contribution >= 0.6 is 0 Å². The average molecular weight is 236 g/mol. The van der Waals surface area contributed by atoms with E-state index in [-0.39, 0.29) is 7.05 Å². The zero-order valence-electron chi connectivity index (χ0n) is 10.1. The van der Waals surface area contributed by atoms with Gasteiger partial charge in [-0.25, -0.2) is 0 Å². The molecule has 2 aromatic carbocycles. The molecule has 0 atom stereocenters. The van der Waals surface area contributed by atoms with E-state index in [4.69, 9.17) is 4.76 Å². The lowest BCUT2D eigenvalue weighted by Crippen LogP contribution is -2.31. The third-order valence-electron chi connectivity index (χ3n) is 2.92. The molecule has 0 aromatic heterocycles. The van der Waals surface area contributed by atoms with E-state index in [2.05, 4.69) is 29.4 Å². The van der Waals surface area contributed by atoms with Gasteiger partial charge < -0.3 is 0 Å². The van der Waals surface area contributed by atoms with E-state index >= 15 is 0 Å². The minimum absolute atomic E-state index is 0.263. The third-order valence-corrected chi connectivity index (χ3v) is 2.92. The molecule has 0 aliphatic carbocycles. The first-order chi connectivity index (χ1) is 8.83. The zero-order chi connectivity index (χ0) is 12.4. The molecule has 0 fully saturated rings. The van der Waals surface area contributed by atoms with Gasteiger partial charge in [0.2, 0.25) is 0 Å². The number of rotatable bonds is 2. The van der Waals surface area contributed by atoms with Gasteiger partial charge in [-0.1, -0.05) is 60.2 Å². The summed E-state index contributed by atoms with van der Waals surface area (Å²) in [6.07, 6.45) is 0. The Balaban J connectivity index is 1.85. The van der Waals surface area contributed by atoms with E-state index in [1.54, 1.807) is 0 Å². The van der Waals surface area contributed by atoms with E-state index < -0.39 is 0 Å². The molecule has 1 aliphatic heterocycles. The summed E-state index contributed by atoms with van der Waals surface area (Å²) in [4.78, 5) is 4.54. The second-order valence-corrected chi connectivity index (χ2v) is 4.33. The third kappa shape index (κ3) is 2.15. The largest absolute Gasteiger partial charge is 0.496 e. The van der Waals surface area contributed by atoms with Crippen LogP contribution in [0.2, 0.25) is 0 Å². The van der Waals surface area contributed by atoms with Crippen LogP contribution in [0, 0.1) is 6.92 Å². The topological polar surface area (TPSA) is 33.6 Å². The first-order valence-corrected chi connectivity index (χ1v) is 5.94. The molecule has 1 heterocycles. The second kappa shape index (κ2) is 4.66. The number of hydrogen-bond acceptors (Lipinski definition) is 3. The lowest BCUT2D eigenvalue weighted by Gasteiger charge is -2.02. The number of hydroxylamine groups is 1. The summed E-state index contributed by atoms with van der Waals surface area (Å²) in [6.45, 7) is 2.07. The van der Waals surface area contributed by atoms with Gasteiger partial charge in [0.1, 0.15) is 5.84 Å². The highest BCUT2D eigenvalue weighted by molar-refractivity contribution is 6.68. The van der Waals surface area contributed by atoms with Crippen molar-refractivity contribution in [3.8, 4) is 0 Å². The van der Waals surface area contributed by atoms with Crippen LogP contribution in [0.3, 0.4) is 0 Å². The number of hydrogen-bond donors (Lipinski definition) is 1. The van der Waals surface area contributed by atoms with Gasteiger partial charge in [-0.2, -0.15) is 0 Å². The standard InChI is InChI=1S/C14H13BN2O/c1-11-7-9-13(10-8-11)15-16-14(17-18-15)12-5-3-2-4-6-12/h2-10H,1H3,(H,16,17). The van der Waals surface area contributed by atoms with Gasteiger partial charge in [-0.05, 0) is 12.4 Å². The lowest BCUT2D eigenvalue weighted by atomic mass is 9.75. The summed E-state index contributed by atoms with van der Waals surface area (Å²) in [5, 5.41) is 0. The summed E-state index contributed by atoms with van der Waals surface area (Å²) >= 11 is 0. The number of nitrogens with one attached hydrogen (secondary N) is 1. The molecule has 0 bridgehead atoms. The van der Waals surface area contributed by atoms with Crippen molar-refractivity contribution in [2.24, 2.45) is 4.90 Å². The van der Waals surface area contributed by atoms with Crippen LogP contribution in [0.1, 0.15) is 11.1 Å². The second-order valence-electron chi connectivity index (χ2n) is 4.33. The van der Waals surface area contributed by atoms with Crippen molar-refractivity contribution >= 4 is 18.3 Å². The summed E-state index contributed by atoms with van der Waals surface area (Å²) in [5.74, 6) is 0.779. The van der Waals surface area contributed by atoms with Gasteiger partial charge in [0, 0.05) is 5.56 Å². The Morgan fingerprint density at radius 1 is 1.00 bits per heavy atom. The van der Waals surface area contributed by atoms with Gasteiger partial charge in [0.25, 0.3) is 0 Å². The molecule has 4 heteroatoms. The summed E-state index contributed by atoms with van der Waals surface area (Å²) < 4.78 is 5.49. The predicted molar refractivity (Wildman–Crippen MR) is 73.8 cm³/mol. The highest BCUT2D eigenvalue weighted by Gasteiger charge is 2.26. The van der Waals surface area contributed by atoms with Crippen molar-refractivity contribution in [1.29, 1.82) is 0 Å². The molecule has 3 nitrogen and oxygen atoms in total. The van der Waals surface area contributed by atoms with E-state index in [1.165, 1.54) is 5.56 Å². The van der Waals surface area contributed by atoms with Crippen LogP contribution in [-0.4, -0.2) is 12.9 Å². The normalized spacial score (nSPS) is 14.3. The zero-order valence-corrected chi connectivity index (χ0v) is 10.1. The lowest BCUT2D eigenvalue weighted by molar-refractivity contribution is 0.284. The van der Waals surface area contributed by atoms with Crippen molar-refractivity contribution in [3.63, 3.8) is 0 Å². The van der Waals surface area contributed by atoms with E-state index in [9.17, 15) is 0 Å². The maximum absolute atomic E-state index is 5.49. The maximum atomic E-state index is 5.49. The molecule has 2 aromatic rings. The van der Waals surface area contributed by atoms with Crippen LogP contribution in [0.15, 0.2) is 59.5 Å². The van der Waals surface area contributed by atoms with Crippen molar-refractivity contribution in [2.75, 3.05) is 0 Å². The Labute approximate surface area is 107 Å². The molecule has 0 radical (unpaired) electrons. The van der Waals surface area contributed by atoms with E-state index in [0.29, 0.717) is 0 Å². The van der Waals surface area contributed by atoms with Gasteiger partial charge >= 0.3 is 7.05 Å². The van der Waals surface area contributed by atoms with Crippen molar-refractivity contribution in [3.05, 3.63) is 65.7 Å². The summed E-state index contributed by atoms with van der Waals surface area (Å²) in [6, 6.07) is 18.2. The molecule has 18 heavy (non-hydrogen) atoms.